The molecule has 0 aliphatic heterocycles. The summed E-state index contributed by atoms with van der Waals surface area (Å²) in [6.07, 6.45) is 0. The van der Waals surface area contributed by atoms with Crippen molar-refractivity contribution in [3.05, 3.63) is 44.4 Å². The number of carbonyl (C=O) groups is 1. The number of aromatic nitrogens is 1. The lowest BCUT2D eigenvalue weighted by Crippen LogP contribution is -2.15. The molecule has 0 aliphatic carbocycles. The summed E-state index contributed by atoms with van der Waals surface area (Å²) in [6, 6.07) is 3.99. The smallest absolute Gasteiger partial charge is 0.344 e. The van der Waals surface area contributed by atoms with Crippen LogP contribution >= 0.6 is 11.3 Å². The number of nitro groups is 1. The van der Waals surface area contributed by atoms with Crippen LogP contribution in [0.5, 0.6) is 11.5 Å². The number of ether oxygens (including phenoxy) is 3. The molecule has 0 saturated carbocycles. The van der Waals surface area contributed by atoms with Crippen LogP contribution in [0, 0.1) is 10.1 Å². The molecule has 140 valence electrons. The lowest BCUT2D eigenvalue weighted by atomic mass is 9.98. The van der Waals surface area contributed by atoms with Gasteiger partial charge >= 0.3 is 11.7 Å². The van der Waals surface area contributed by atoms with E-state index in [9.17, 15) is 14.9 Å². The molecule has 0 fully saturated rings. The summed E-state index contributed by atoms with van der Waals surface area (Å²) in [4.78, 5) is 26.5. The highest BCUT2D eigenvalue weighted by atomic mass is 32.1. The molecule has 0 radical (unpaired) electrons. The van der Waals surface area contributed by atoms with E-state index in [2.05, 4.69) is 25.8 Å². The largest absolute Gasteiger partial charge is 0.490 e. The van der Waals surface area contributed by atoms with Crippen LogP contribution in [-0.2, 0) is 21.6 Å². The third-order valence-corrected chi connectivity index (χ3v) is 4.60. The second kappa shape index (κ2) is 8.13. The van der Waals surface area contributed by atoms with Crippen molar-refractivity contribution in [1.29, 1.82) is 0 Å². The van der Waals surface area contributed by atoms with E-state index in [4.69, 9.17) is 14.2 Å². The van der Waals surface area contributed by atoms with E-state index in [1.165, 1.54) is 36.6 Å². The van der Waals surface area contributed by atoms with Crippen LogP contribution in [0.3, 0.4) is 0 Å². The first-order chi connectivity index (χ1) is 12.2. The minimum absolute atomic E-state index is 0.0506. The number of hydrogen-bond acceptors (Lipinski definition) is 8. The number of methoxy groups -OCH3 is 1. The van der Waals surface area contributed by atoms with Crippen LogP contribution in [0.4, 0.5) is 5.69 Å². The summed E-state index contributed by atoms with van der Waals surface area (Å²) in [5, 5.41) is 13.7. The predicted molar refractivity (Wildman–Crippen MR) is 95.8 cm³/mol. The molecular formula is C17H20N2O6S. The SMILES string of the molecule is COc1cc(OCC(=O)OCc2csc(C(C)(C)C)n2)ccc1[N+](=O)[O-]. The van der Waals surface area contributed by atoms with E-state index in [1.807, 2.05) is 5.38 Å². The molecule has 9 heteroatoms. The molecule has 26 heavy (non-hydrogen) atoms. The first-order valence-electron chi connectivity index (χ1n) is 7.76. The van der Waals surface area contributed by atoms with E-state index in [-0.39, 0.29) is 35.8 Å². The Hall–Kier alpha value is -2.68. The number of thiazole rings is 1. The molecule has 0 aliphatic rings. The molecule has 0 saturated heterocycles. The van der Waals surface area contributed by atoms with Crippen LogP contribution in [-0.4, -0.2) is 29.6 Å². The highest BCUT2D eigenvalue weighted by Gasteiger charge is 2.19. The van der Waals surface area contributed by atoms with Gasteiger partial charge in [-0.15, -0.1) is 11.3 Å². The monoisotopic (exact) mass is 380 g/mol. The van der Waals surface area contributed by atoms with Gasteiger partial charge in [0.1, 0.15) is 12.4 Å². The molecule has 0 N–H and O–H groups in total. The van der Waals surface area contributed by atoms with Gasteiger partial charge in [0.2, 0.25) is 5.75 Å². The van der Waals surface area contributed by atoms with Gasteiger partial charge in [0.15, 0.2) is 6.61 Å². The fraction of sp³-hybridized carbons (Fsp3) is 0.412. The van der Waals surface area contributed by atoms with Crippen molar-refractivity contribution in [2.45, 2.75) is 32.8 Å². The average molecular weight is 380 g/mol. The van der Waals surface area contributed by atoms with Gasteiger partial charge in [-0.2, -0.15) is 0 Å². The molecule has 2 rings (SSSR count). The third-order valence-electron chi connectivity index (χ3n) is 3.28. The van der Waals surface area contributed by atoms with Gasteiger partial charge in [0.25, 0.3) is 0 Å². The molecule has 0 amide bonds. The lowest BCUT2D eigenvalue weighted by molar-refractivity contribution is -0.385. The maximum Gasteiger partial charge on any atom is 0.344 e. The van der Waals surface area contributed by atoms with Gasteiger partial charge in [-0.25, -0.2) is 9.78 Å². The maximum absolute atomic E-state index is 11.8. The Morgan fingerprint density at radius 2 is 2.08 bits per heavy atom. The quantitative estimate of drug-likeness (QED) is 0.412. The van der Waals surface area contributed by atoms with Gasteiger partial charge in [-0.05, 0) is 6.07 Å². The first-order valence-corrected chi connectivity index (χ1v) is 8.64. The first kappa shape index (κ1) is 19.6. The number of rotatable bonds is 7. The molecule has 0 bridgehead atoms. The van der Waals surface area contributed by atoms with Gasteiger partial charge in [0.05, 0.1) is 22.7 Å². The molecule has 1 aromatic carbocycles. The summed E-state index contributed by atoms with van der Waals surface area (Å²) in [5.41, 5.74) is 0.455. The van der Waals surface area contributed by atoms with E-state index >= 15 is 0 Å². The molecule has 1 aromatic heterocycles. The van der Waals surface area contributed by atoms with Crippen molar-refractivity contribution < 1.29 is 23.9 Å². The van der Waals surface area contributed by atoms with Crippen molar-refractivity contribution in [3.63, 3.8) is 0 Å². The third kappa shape index (κ3) is 5.16. The second-order valence-electron chi connectivity index (χ2n) is 6.43. The Kier molecular flexibility index (Phi) is 6.14. The van der Waals surface area contributed by atoms with Gasteiger partial charge < -0.3 is 14.2 Å². The lowest BCUT2D eigenvalue weighted by Gasteiger charge is -2.13. The molecular weight excluding hydrogens is 360 g/mol. The highest BCUT2D eigenvalue weighted by Crippen LogP contribution is 2.30. The topological polar surface area (TPSA) is 101 Å². The van der Waals surface area contributed by atoms with Crippen LogP contribution in [0.15, 0.2) is 23.6 Å². The Balaban J connectivity index is 1.87. The molecule has 2 aromatic rings. The number of nitro benzene ring substituents is 1. The number of hydrogen-bond donors (Lipinski definition) is 0. The van der Waals surface area contributed by atoms with Gasteiger partial charge in [-0.1, -0.05) is 20.8 Å². The number of carbonyl (C=O) groups excluding carboxylic acids is 1. The molecule has 1 heterocycles. The van der Waals surface area contributed by atoms with E-state index in [1.54, 1.807) is 0 Å². The minimum Gasteiger partial charge on any atom is -0.490 e. The van der Waals surface area contributed by atoms with Crippen LogP contribution < -0.4 is 9.47 Å². The normalized spacial score (nSPS) is 11.1. The maximum atomic E-state index is 11.8. The summed E-state index contributed by atoms with van der Waals surface area (Å²) in [5.74, 6) is -0.237. The molecule has 0 atom stereocenters. The fourth-order valence-electron chi connectivity index (χ4n) is 1.95. The summed E-state index contributed by atoms with van der Waals surface area (Å²) in [6.45, 7) is 5.94. The van der Waals surface area contributed by atoms with E-state index in [0.717, 1.165) is 5.01 Å². The van der Waals surface area contributed by atoms with E-state index < -0.39 is 10.9 Å². The van der Waals surface area contributed by atoms with Crippen LogP contribution in [0.2, 0.25) is 0 Å². The van der Waals surface area contributed by atoms with Crippen molar-refractivity contribution >= 4 is 23.0 Å². The van der Waals surface area contributed by atoms with Gasteiger partial charge in [0, 0.05) is 22.9 Å². The predicted octanol–water partition coefficient (Wildman–Crippen LogP) is 3.48. The molecule has 8 nitrogen and oxygen atoms in total. The zero-order valence-electron chi connectivity index (χ0n) is 15.0. The summed E-state index contributed by atoms with van der Waals surface area (Å²) >= 11 is 1.52. The minimum atomic E-state index is -0.562. The van der Waals surface area contributed by atoms with Crippen LogP contribution in [0.25, 0.3) is 0 Å². The van der Waals surface area contributed by atoms with Crippen molar-refractivity contribution in [2.75, 3.05) is 13.7 Å². The summed E-state index contributed by atoms with van der Waals surface area (Å²) < 4.78 is 15.4. The standard InChI is InChI=1S/C17H20N2O6S/c1-17(2,3)16-18-11(10-26-16)8-25-15(20)9-24-12-5-6-13(19(21)22)14(7-12)23-4/h5-7,10H,8-9H2,1-4H3. The summed E-state index contributed by atoms with van der Waals surface area (Å²) in [7, 11) is 1.32. The number of nitrogens with zero attached hydrogens (tertiary/aromatic N) is 2. The highest BCUT2D eigenvalue weighted by molar-refractivity contribution is 7.09. The Morgan fingerprint density at radius 3 is 2.65 bits per heavy atom. The molecule has 0 unspecified atom stereocenters. The van der Waals surface area contributed by atoms with Crippen molar-refractivity contribution in [2.24, 2.45) is 0 Å². The average Bonchev–Trinajstić information content (AvgIpc) is 3.07. The zero-order chi connectivity index (χ0) is 19.3. The van der Waals surface area contributed by atoms with Crippen molar-refractivity contribution in [3.8, 4) is 11.5 Å². The zero-order valence-corrected chi connectivity index (χ0v) is 15.8. The molecule has 0 spiro atoms. The number of benzene rings is 1. The Morgan fingerprint density at radius 1 is 1.35 bits per heavy atom. The fourth-order valence-corrected chi connectivity index (χ4v) is 2.85. The van der Waals surface area contributed by atoms with Crippen molar-refractivity contribution in [1.82, 2.24) is 4.98 Å². The Bertz CT molecular complexity index is 797. The van der Waals surface area contributed by atoms with E-state index in [0.29, 0.717) is 5.69 Å². The Labute approximate surface area is 154 Å². The second-order valence-corrected chi connectivity index (χ2v) is 7.29. The van der Waals surface area contributed by atoms with Crippen LogP contribution in [0.1, 0.15) is 31.5 Å². The number of esters is 1. The van der Waals surface area contributed by atoms with Gasteiger partial charge in [-0.3, -0.25) is 10.1 Å².